The number of nitrogens with two attached hydrogens (primary N) is 1. The van der Waals surface area contributed by atoms with Crippen LogP contribution in [0.3, 0.4) is 0 Å². The fourth-order valence-electron chi connectivity index (χ4n) is 2.01. The van der Waals surface area contributed by atoms with Crippen LogP contribution in [-0.2, 0) is 9.47 Å². The Balaban J connectivity index is 2.32. The van der Waals surface area contributed by atoms with Crippen molar-refractivity contribution in [3.05, 3.63) is 22.7 Å². The first-order valence-electron chi connectivity index (χ1n) is 5.40. The zero-order valence-electron chi connectivity index (χ0n) is 9.76. The van der Waals surface area contributed by atoms with Crippen LogP contribution < -0.4 is 11.4 Å². The molecule has 1 aliphatic heterocycles. The van der Waals surface area contributed by atoms with Crippen LogP contribution in [-0.4, -0.2) is 51.8 Å². The lowest BCUT2D eigenvalue weighted by Gasteiger charge is -2.18. The molecule has 1 saturated heterocycles. The van der Waals surface area contributed by atoms with Gasteiger partial charge in [-0.1, -0.05) is 0 Å². The Labute approximate surface area is 103 Å². The van der Waals surface area contributed by atoms with E-state index < -0.39 is 30.2 Å². The zero-order chi connectivity index (χ0) is 13.3. The molecule has 1 aromatic rings. The van der Waals surface area contributed by atoms with Crippen molar-refractivity contribution in [1.82, 2.24) is 9.55 Å². The van der Waals surface area contributed by atoms with Crippen molar-refractivity contribution in [3.63, 3.8) is 0 Å². The van der Waals surface area contributed by atoms with Crippen molar-refractivity contribution < 1.29 is 19.7 Å². The number of rotatable bonds is 3. The largest absolute Gasteiger partial charge is 0.394 e. The summed E-state index contributed by atoms with van der Waals surface area (Å²) >= 11 is 0. The van der Waals surface area contributed by atoms with Gasteiger partial charge in [0.1, 0.15) is 24.1 Å². The van der Waals surface area contributed by atoms with E-state index in [0.717, 1.165) is 4.57 Å². The van der Waals surface area contributed by atoms with Crippen LogP contribution in [0.1, 0.15) is 6.23 Å². The Bertz CT molecular complexity index is 477. The van der Waals surface area contributed by atoms with Crippen LogP contribution in [0.2, 0.25) is 0 Å². The lowest BCUT2D eigenvalue weighted by atomic mass is 10.1. The summed E-state index contributed by atoms with van der Waals surface area (Å²) < 4.78 is 11.6. The van der Waals surface area contributed by atoms with Gasteiger partial charge in [0.15, 0.2) is 6.23 Å². The van der Waals surface area contributed by atoms with Gasteiger partial charge in [0, 0.05) is 13.3 Å². The minimum Gasteiger partial charge on any atom is -0.394 e. The standard InChI is InChI=1S/C10H15N3O5/c1-17-8-5(4-14)18-9(7(8)15)13-3-2-6(11)12-10(13)16/h2-3,5,7-9,14-15H,4H2,1H3,(H2,11,12,16). The van der Waals surface area contributed by atoms with E-state index in [4.69, 9.17) is 20.3 Å². The normalized spacial score (nSPS) is 31.7. The molecule has 8 nitrogen and oxygen atoms in total. The lowest BCUT2D eigenvalue weighted by molar-refractivity contribution is -0.0568. The number of aromatic nitrogens is 2. The summed E-state index contributed by atoms with van der Waals surface area (Å²) in [5, 5.41) is 19.1. The van der Waals surface area contributed by atoms with Gasteiger partial charge >= 0.3 is 5.69 Å². The third kappa shape index (κ3) is 2.10. The molecular weight excluding hydrogens is 242 g/mol. The Morgan fingerprint density at radius 3 is 2.89 bits per heavy atom. The summed E-state index contributed by atoms with van der Waals surface area (Å²) in [7, 11) is 1.40. The van der Waals surface area contributed by atoms with E-state index in [-0.39, 0.29) is 12.4 Å². The molecule has 0 aromatic carbocycles. The molecule has 4 unspecified atom stereocenters. The van der Waals surface area contributed by atoms with Crippen LogP contribution >= 0.6 is 0 Å². The van der Waals surface area contributed by atoms with Gasteiger partial charge in [-0.2, -0.15) is 4.98 Å². The highest BCUT2D eigenvalue weighted by molar-refractivity contribution is 5.23. The summed E-state index contributed by atoms with van der Waals surface area (Å²) in [5.41, 5.74) is 4.74. The van der Waals surface area contributed by atoms with Gasteiger partial charge in [-0.05, 0) is 6.07 Å². The molecule has 8 heteroatoms. The van der Waals surface area contributed by atoms with Crippen molar-refractivity contribution in [1.29, 1.82) is 0 Å². The van der Waals surface area contributed by atoms with Crippen LogP contribution in [0, 0.1) is 0 Å². The first-order valence-corrected chi connectivity index (χ1v) is 5.40. The highest BCUT2D eigenvalue weighted by Gasteiger charge is 2.45. The van der Waals surface area contributed by atoms with E-state index in [2.05, 4.69) is 4.98 Å². The van der Waals surface area contributed by atoms with Crippen LogP contribution in [0.25, 0.3) is 0 Å². The SMILES string of the molecule is COC1C(CO)OC(n2ccc(N)nc2=O)C1O. The Morgan fingerprint density at radius 2 is 2.39 bits per heavy atom. The molecule has 0 radical (unpaired) electrons. The second-order valence-corrected chi connectivity index (χ2v) is 3.98. The number of anilines is 1. The second kappa shape index (κ2) is 5.02. The second-order valence-electron chi connectivity index (χ2n) is 3.98. The van der Waals surface area contributed by atoms with Crippen LogP contribution in [0.5, 0.6) is 0 Å². The topological polar surface area (TPSA) is 120 Å². The third-order valence-electron chi connectivity index (χ3n) is 2.89. The molecule has 0 amide bonds. The number of hydrogen-bond donors (Lipinski definition) is 3. The molecule has 0 aliphatic carbocycles. The first kappa shape index (κ1) is 13.0. The van der Waals surface area contributed by atoms with Gasteiger partial charge < -0.3 is 25.4 Å². The minimum absolute atomic E-state index is 0.0886. The van der Waals surface area contributed by atoms with E-state index in [1.807, 2.05) is 0 Å². The van der Waals surface area contributed by atoms with Gasteiger partial charge in [0.2, 0.25) is 0 Å². The fraction of sp³-hybridized carbons (Fsp3) is 0.600. The molecule has 18 heavy (non-hydrogen) atoms. The molecule has 1 aromatic heterocycles. The lowest BCUT2D eigenvalue weighted by Crippen LogP contribution is -2.37. The quantitative estimate of drug-likeness (QED) is 0.578. The molecule has 1 fully saturated rings. The van der Waals surface area contributed by atoms with Crippen LogP contribution in [0.15, 0.2) is 17.1 Å². The number of aliphatic hydroxyl groups excluding tert-OH is 2. The molecule has 2 rings (SSSR count). The average molecular weight is 257 g/mol. The number of methoxy groups -OCH3 is 1. The summed E-state index contributed by atoms with van der Waals surface area (Å²) in [5.74, 6) is 0.0886. The molecule has 4 N–H and O–H groups in total. The summed E-state index contributed by atoms with van der Waals surface area (Å²) in [4.78, 5) is 15.2. The van der Waals surface area contributed by atoms with E-state index in [1.165, 1.54) is 19.4 Å². The van der Waals surface area contributed by atoms with Gasteiger partial charge in [0.25, 0.3) is 0 Å². The summed E-state index contributed by atoms with van der Waals surface area (Å²) in [6, 6.07) is 1.42. The molecule has 0 saturated carbocycles. The molecule has 0 bridgehead atoms. The number of aliphatic hydroxyl groups is 2. The molecule has 1 aliphatic rings. The monoisotopic (exact) mass is 257 g/mol. The van der Waals surface area contributed by atoms with Crippen LogP contribution in [0.4, 0.5) is 5.82 Å². The van der Waals surface area contributed by atoms with E-state index >= 15 is 0 Å². The number of hydrogen-bond acceptors (Lipinski definition) is 7. The smallest absolute Gasteiger partial charge is 0.351 e. The third-order valence-corrected chi connectivity index (χ3v) is 2.89. The van der Waals surface area contributed by atoms with Crippen molar-refractivity contribution in [2.24, 2.45) is 0 Å². The van der Waals surface area contributed by atoms with Crippen molar-refractivity contribution in [3.8, 4) is 0 Å². The average Bonchev–Trinajstić information content (AvgIpc) is 2.66. The van der Waals surface area contributed by atoms with Crippen molar-refractivity contribution >= 4 is 5.82 Å². The highest BCUT2D eigenvalue weighted by atomic mass is 16.6. The zero-order valence-corrected chi connectivity index (χ0v) is 9.76. The maximum absolute atomic E-state index is 11.6. The highest BCUT2D eigenvalue weighted by Crippen LogP contribution is 2.29. The summed E-state index contributed by atoms with van der Waals surface area (Å²) in [6.07, 6.45) is -2.04. The number of nitrogens with zero attached hydrogens (tertiary/aromatic N) is 2. The molecule has 0 spiro atoms. The number of nitrogen functional groups attached to an aromatic ring is 1. The summed E-state index contributed by atoms with van der Waals surface area (Å²) in [6.45, 7) is -0.316. The fourth-order valence-corrected chi connectivity index (χ4v) is 2.01. The Morgan fingerprint density at radius 1 is 1.67 bits per heavy atom. The van der Waals surface area contributed by atoms with Crippen molar-refractivity contribution in [2.75, 3.05) is 19.5 Å². The molecule has 100 valence electrons. The maximum Gasteiger partial charge on any atom is 0.351 e. The predicted octanol–water partition coefficient (Wildman–Crippen LogP) is -1.91. The Kier molecular flexibility index (Phi) is 3.62. The van der Waals surface area contributed by atoms with Gasteiger partial charge in [0.05, 0.1) is 6.61 Å². The van der Waals surface area contributed by atoms with Gasteiger partial charge in [-0.15, -0.1) is 0 Å². The first-order chi connectivity index (χ1) is 8.58. The molecule has 2 heterocycles. The van der Waals surface area contributed by atoms with E-state index in [0.29, 0.717) is 0 Å². The van der Waals surface area contributed by atoms with E-state index in [9.17, 15) is 9.90 Å². The van der Waals surface area contributed by atoms with Gasteiger partial charge in [-0.3, -0.25) is 4.57 Å². The maximum atomic E-state index is 11.6. The number of ether oxygens (including phenoxy) is 2. The molecule has 4 atom stereocenters. The van der Waals surface area contributed by atoms with Gasteiger partial charge in [-0.25, -0.2) is 4.79 Å². The predicted molar refractivity (Wildman–Crippen MR) is 60.7 cm³/mol. The van der Waals surface area contributed by atoms with Crippen molar-refractivity contribution in [2.45, 2.75) is 24.5 Å². The Hall–Kier alpha value is -1.48. The minimum atomic E-state index is -1.07. The molecular formula is C10H15N3O5. The van der Waals surface area contributed by atoms with E-state index in [1.54, 1.807) is 0 Å².